The van der Waals surface area contributed by atoms with Crippen LogP contribution in [0.5, 0.6) is 0 Å². The number of imidazole rings is 1. The molecule has 1 amide bonds. The zero-order chi connectivity index (χ0) is 15.0. The van der Waals surface area contributed by atoms with Crippen LogP contribution in [0.4, 0.5) is 5.82 Å². The second-order valence-corrected chi connectivity index (χ2v) is 5.15. The van der Waals surface area contributed by atoms with E-state index in [1.54, 1.807) is 6.20 Å². The molecule has 0 spiro atoms. The molecule has 3 heterocycles. The fourth-order valence-corrected chi connectivity index (χ4v) is 2.32. The molecular formula is C16H16N4O. The molecule has 1 N–H and O–H groups in total. The number of aromatic nitrogens is 3. The highest BCUT2D eigenvalue weighted by Crippen LogP contribution is 2.15. The van der Waals surface area contributed by atoms with E-state index in [-0.39, 0.29) is 5.91 Å². The number of nitrogens with zero attached hydrogens (tertiary/aromatic N) is 3. The van der Waals surface area contributed by atoms with Gasteiger partial charge in [-0.15, -0.1) is 0 Å². The van der Waals surface area contributed by atoms with Crippen molar-refractivity contribution in [1.29, 1.82) is 0 Å². The standard InChI is InChI=1S/C16H16N4O/c1-10-6-7-17-13(8-10)19-16(21)15-12(3)18-14-5-4-11(2)9-20(14)15/h4-9H,1-3H3,(H,17,19,21). The van der Waals surface area contributed by atoms with E-state index in [9.17, 15) is 4.79 Å². The maximum Gasteiger partial charge on any atom is 0.275 e. The van der Waals surface area contributed by atoms with Gasteiger partial charge in [0.25, 0.3) is 5.91 Å². The van der Waals surface area contributed by atoms with Crippen LogP contribution in [0, 0.1) is 20.8 Å². The van der Waals surface area contributed by atoms with E-state index in [2.05, 4.69) is 15.3 Å². The van der Waals surface area contributed by atoms with Crippen molar-refractivity contribution in [2.75, 3.05) is 5.32 Å². The largest absolute Gasteiger partial charge is 0.305 e. The number of rotatable bonds is 2. The number of carbonyl (C=O) groups excluding carboxylic acids is 1. The molecule has 106 valence electrons. The highest BCUT2D eigenvalue weighted by Gasteiger charge is 2.17. The van der Waals surface area contributed by atoms with Crippen LogP contribution in [-0.2, 0) is 0 Å². The molecule has 0 aliphatic carbocycles. The van der Waals surface area contributed by atoms with Gasteiger partial charge in [0.1, 0.15) is 17.2 Å². The van der Waals surface area contributed by atoms with Crippen LogP contribution in [0.3, 0.4) is 0 Å². The van der Waals surface area contributed by atoms with Crippen molar-refractivity contribution < 1.29 is 4.79 Å². The molecule has 0 aliphatic heterocycles. The van der Waals surface area contributed by atoms with Gasteiger partial charge in [-0.25, -0.2) is 9.97 Å². The number of fused-ring (bicyclic) bond motifs is 1. The molecule has 3 rings (SSSR count). The first-order valence-corrected chi connectivity index (χ1v) is 6.74. The number of hydrogen-bond acceptors (Lipinski definition) is 3. The van der Waals surface area contributed by atoms with Crippen molar-refractivity contribution in [2.24, 2.45) is 0 Å². The third-order valence-electron chi connectivity index (χ3n) is 3.31. The minimum atomic E-state index is -0.205. The third kappa shape index (κ3) is 2.50. The summed E-state index contributed by atoms with van der Waals surface area (Å²) in [6.45, 7) is 5.78. The second-order valence-electron chi connectivity index (χ2n) is 5.15. The first-order valence-electron chi connectivity index (χ1n) is 6.74. The molecule has 0 aliphatic rings. The van der Waals surface area contributed by atoms with Crippen LogP contribution in [0.25, 0.3) is 5.65 Å². The van der Waals surface area contributed by atoms with Crippen LogP contribution in [0.1, 0.15) is 27.3 Å². The van der Waals surface area contributed by atoms with E-state index in [1.807, 2.05) is 55.6 Å². The molecule has 3 aromatic heterocycles. The summed E-state index contributed by atoms with van der Waals surface area (Å²) in [5.41, 5.74) is 4.12. The molecule has 0 fully saturated rings. The maximum absolute atomic E-state index is 12.5. The van der Waals surface area contributed by atoms with Gasteiger partial charge in [-0.3, -0.25) is 9.20 Å². The number of anilines is 1. The van der Waals surface area contributed by atoms with E-state index >= 15 is 0 Å². The summed E-state index contributed by atoms with van der Waals surface area (Å²) in [4.78, 5) is 21.1. The van der Waals surface area contributed by atoms with Crippen molar-refractivity contribution in [2.45, 2.75) is 20.8 Å². The van der Waals surface area contributed by atoms with E-state index < -0.39 is 0 Å². The lowest BCUT2D eigenvalue weighted by Crippen LogP contribution is -2.16. The minimum Gasteiger partial charge on any atom is -0.305 e. The summed E-state index contributed by atoms with van der Waals surface area (Å²) in [5.74, 6) is 0.339. The third-order valence-corrected chi connectivity index (χ3v) is 3.31. The molecule has 0 radical (unpaired) electrons. The Hall–Kier alpha value is -2.69. The molecule has 21 heavy (non-hydrogen) atoms. The van der Waals surface area contributed by atoms with Gasteiger partial charge in [0.15, 0.2) is 0 Å². The average Bonchev–Trinajstić information content (AvgIpc) is 2.74. The normalized spacial score (nSPS) is 10.8. The number of amides is 1. The Morgan fingerprint density at radius 3 is 2.71 bits per heavy atom. The Morgan fingerprint density at radius 2 is 1.95 bits per heavy atom. The minimum absolute atomic E-state index is 0.205. The molecule has 0 saturated carbocycles. The van der Waals surface area contributed by atoms with Crippen LogP contribution < -0.4 is 5.32 Å². The Kier molecular flexibility index (Phi) is 3.17. The van der Waals surface area contributed by atoms with E-state index in [1.165, 1.54) is 0 Å². The average molecular weight is 280 g/mol. The first-order chi connectivity index (χ1) is 10.0. The predicted molar refractivity (Wildman–Crippen MR) is 81.6 cm³/mol. The van der Waals surface area contributed by atoms with Crippen molar-refractivity contribution in [3.8, 4) is 0 Å². The van der Waals surface area contributed by atoms with Crippen molar-refractivity contribution in [1.82, 2.24) is 14.4 Å². The highest BCUT2D eigenvalue weighted by molar-refractivity contribution is 6.04. The first kappa shape index (κ1) is 13.3. The van der Waals surface area contributed by atoms with E-state index in [4.69, 9.17) is 0 Å². The zero-order valence-corrected chi connectivity index (χ0v) is 12.2. The maximum atomic E-state index is 12.5. The second kappa shape index (κ2) is 5.01. The van der Waals surface area contributed by atoms with Crippen molar-refractivity contribution >= 4 is 17.4 Å². The number of carbonyl (C=O) groups is 1. The summed E-state index contributed by atoms with van der Waals surface area (Å²) in [5, 5.41) is 2.83. The number of aryl methyl sites for hydroxylation is 3. The number of nitrogens with one attached hydrogen (secondary N) is 1. The van der Waals surface area contributed by atoms with Gasteiger partial charge in [-0.2, -0.15) is 0 Å². The SMILES string of the molecule is Cc1ccnc(NC(=O)c2c(C)nc3ccc(C)cn23)c1. The van der Waals surface area contributed by atoms with Crippen LogP contribution in [0.2, 0.25) is 0 Å². The molecular weight excluding hydrogens is 264 g/mol. The van der Waals surface area contributed by atoms with Gasteiger partial charge in [-0.1, -0.05) is 6.07 Å². The molecule has 0 saturated heterocycles. The molecule has 3 aromatic rings. The van der Waals surface area contributed by atoms with Gasteiger partial charge in [0.2, 0.25) is 0 Å². The van der Waals surface area contributed by atoms with Gasteiger partial charge in [0, 0.05) is 12.4 Å². The lowest BCUT2D eigenvalue weighted by molar-refractivity contribution is 0.102. The summed E-state index contributed by atoms with van der Waals surface area (Å²) >= 11 is 0. The van der Waals surface area contributed by atoms with Crippen LogP contribution in [0.15, 0.2) is 36.7 Å². The zero-order valence-electron chi connectivity index (χ0n) is 12.2. The molecule has 0 atom stereocenters. The molecule has 5 nitrogen and oxygen atoms in total. The topological polar surface area (TPSA) is 59.3 Å². The van der Waals surface area contributed by atoms with Gasteiger partial charge in [-0.05, 0) is 50.1 Å². The summed E-state index contributed by atoms with van der Waals surface area (Å²) in [6.07, 6.45) is 3.59. The van der Waals surface area contributed by atoms with Crippen LogP contribution in [-0.4, -0.2) is 20.3 Å². The summed E-state index contributed by atoms with van der Waals surface area (Å²) < 4.78 is 1.82. The Bertz CT molecular complexity index is 835. The Labute approximate surface area is 122 Å². The predicted octanol–water partition coefficient (Wildman–Crippen LogP) is 2.91. The van der Waals surface area contributed by atoms with Gasteiger partial charge >= 0.3 is 0 Å². The van der Waals surface area contributed by atoms with Gasteiger partial charge < -0.3 is 5.32 Å². The molecule has 0 bridgehead atoms. The molecule has 0 aromatic carbocycles. The van der Waals surface area contributed by atoms with E-state index in [0.717, 1.165) is 16.8 Å². The van der Waals surface area contributed by atoms with E-state index in [0.29, 0.717) is 17.2 Å². The van der Waals surface area contributed by atoms with Crippen LogP contribution >= 0.6 is 0 Å². The Balaban J connectivity index is 2.01. The number of hydrogen-bond donors (Lipinski definition) is 1. The van der Waals surface area contributed by atoms with Gasteiger partial charge in [0.05, 0.1) is 5.69 Å². The fraction of sp³-hybridized carbons (Fsp3) is 0.188. The fourth-order valence-electron chi connectivity index (χ4n) is 2.32. The lowest BCUT2D eigenvalue weighted by Gasteiger charge is -2.06. The Morgan fingerprint density at radius 1 is 1.14 bits per heavy atom. The smallest absolute Gasteiger partial charge is 0.275 e. The lowest BCUT2D eigenvalue weighted by atomic mass is 10.2. The monoisotopic (exact) mass is 280 g/mol. The highest BCUT2D eigenvalue weighted by atomic mass is 16.2. The summed E-state index contributed by atoms with van der Waals surface area (Å²) in [6, 6.07) is 7.61. The number of pyridine rings is 2. The van der Waals surface area contributed by atoms with Crippen molar-refractivity contribution in [3.05, 3.63) is 59.2 Å². The molecule has 0 unspecified atom stereocenters. The molecule has 5 heteroatoms. The quantitative estimate of drug-likeness (QED) is 0.785. The summed E-state index contributed by atoms with van der Waals surface area (Å²) in [7, 11) is 0. The van der Waals surface area contributed by atoms with Crippen molar-refractivity contribution in [3.63, 3.8) is 0 Å².